The maximum atomic E-state index is 5.84. The topological polar surface area (TPSA) is 59.0 Å². The van der Waals surface area contributed by atoms with E-state index in [2.05, 4.69) is 20.2 Å². The molecule has 2 aliphatic heterocycles. The molecule has 0 unspecified atom stereocenters. The van der Waals surface area contributed by atoms with Gasteiger partial charge in [0.15, 0.2) is 0 Å². The van der Waals surface area contributed by atoms with Gasteiger partial charge in [-0.05, 0) is 12.1 Å². The molecule has 20 heavy (non-hydrogen) atoms. The summed E-state index contributed by atoms with van der Waals surface area (Å²) in [5.74, 6) is 1.55. The Balaban J connectivity index is 1.56. The summed E-state index contributed by atoms with van der Waals surface area (Å²) in [6.45, 7) is 6.83. The van der Waals surface area contributed by atoms with E-state index in [-0.39, 0.29) is 0 Å². The van der Waals surface area contributed by atoms with Crippen molar-refractivity contribution in [3.63, 3.8) is 0 Å². The zero-order chi connectivity index (χ0) is 13.6. The van der Waals surface area contributed by atoms with E-state index in [4.69, 9.17) is 9.47 Å². The van der Waals surface area contributed by atoms with Gasteiger partial charge in [-0.25, -0.2) is 4.98 Å². The summed E-state index contributed by atoms with van der Waals surface area (Å²) < 4.78 is 11.2. The second kappa shape index (κ2) is 6.67. The van der Waals surface area contributed by atoms with Crippen molar-refractivity contribution in [1.82, 2.24) is 15.2 Å². The third-order valence-corrected chi connectivity index (χ3v) is 3.45. The number of rotatable bonds is 5. The third-order valence-electron chi connectivity index (χ3n) is 3.45. The number of aliphatic imine (C=N–C) groups is 1. The van der Waals surface area contributed by atoms with E-state index in [0.29, 0.717) is 12.5 Å². The van der Waals surface area contributed by atoms with E-state index in [1.807, 2.05) is 12.1 Å². The zero-order valence-corrected chi connectivity index (χ0v) is 11.5. The number of hydrogen-bond donors (Lipinski definition) is 1. The van der Waals surface area contributed by atoms with Gasteiger partial charge in [0.05, 0.1) is 25.3 Å². The molecule has 6 nitrogen and oxygen atoms in total. The molecule has 1 N–H and O–H groups in total. The summed E-state index contributed by atoms with van der Waals surface area (Å²) in [6.07, 6.45) is 1.75. The molecular weight excluding hydrogens is 256 g/mol. The summed E-state index contributed by atoms with van der Waals surface area (Å²) in [4.78, 5) is 11.1. The smallest absolute Gasteiger partial charge is 0.224 e. The van der Waals surface area contributed by atoms with E-state index >= 15 is 0 Å². The minimum absolute atomic E-state index is 0.636. The molecule has 6 heteroatoms. The molecule has 1 fully saturated rings. The average molecular weight is 276 g/mol. The quantitative estimate of drug-likeness (QED) is 0.829. The number of hydrogen-bond acceptors (Lipinski definition) is 6. The molecule has 0 bridgehead atoms. The summed E-state index contributed by atoms with van der Waals surface area (Å²) >= 11 is 0. The van der Waals surface area contributed by atoms with Crippen molar-refractivity contribution in [2.45, 2.75) is 0 Å². The Labute approximate surface area is 118 Å². The van der Waals surface area contributed by atoms with Crippen LogP contribution in [0, 0.1) is 0 Å². The summed E-state index contributed by atoms with van der Waals surface area (Å²) in [5, 5.41) is 3.26. The van der Waals surface area contributed by atoms with E-state index in [1.54, 1.807) is 6.20 Å². The fourth-order valence-electron chi connectivity index (χ4n) is 2.36. The van der Waals surface area contributed by atoms with E-state index in [1.165, 1.54) is 0 Å². The van der Waals surface area contributed by atoms with Crippen molar-refractivity contribution in [2.24, 2.45) is 4.99 Å². The van der Waals surface area contributed by atoms with E-state index < -0.39 is 0 Å². The van der Waals surface area contributed by atoms with Gasteiger partial charge in [-0.1, -0.05) is 0 Å². The number of nitrogens with one attached hydrogen (secondary N) is 1. The van der Waals surface area contributed by atoms with Crippen molar-refractivity contribution in [1.29, 1.82) is 0 Å². The minimum Gasteiger partial charge on any atom is -0.476 e. The Kier molecular flexibility index (Phi) is 4.45. The maximum absolute atomic E-state index is 5.84. The number of aromatic nitrogens is 1. The monoisotopic (exact) mass is 276 g/mol. The highest BCUT2D eigenvalue weighted by Gasteiger charge is 2.15. The molecule has 0 atom stereocenters. The van der Waals surface area contributed by atoms with Crippen LogP contribution in [0.4, 0.5) is 0 Å². The lowest BCUT2D eigenvalue weighted by Gasteiger charge is -2.26. The third kappa shape index (κ3) is 3.26. The van der Waals surface area contributed by atoms with E-state index in [9.17, 15) is 0 Å². The summed E-state index contributed by atoms with van der Waals surface area (Å²) in [5.41, 5.74) is 0.951. The van der Waals surface area contributed by atoms with Crippen LogP contribution in [0.3, 0.4) is 0 Å². The Bertz CT molecular complexity index is 472. The zero-order valence-electron chi connectivity index (χ0n) is 11.5. The first-order valence-electron chi connectivity index (χ1n) is 7.10. The molecule has 1 aromatic rings. The van der Waals surface area contributed by atoms with Crippen LogP contribution >= 0.6 is 0 Å². The van der Waals surface area contributed by atoms with Crippen LogP contribution in [-0.4, -0.2) is 68.3 Å². The fraction of sp³-hybridized carbons (Fsp3) is 0.571. The first-order valence-corrected chi connectivity index (χ1v) is 7.10. The van der Waals surface area contributed by atoms with Gasteiger partial charge in [-0.3, -0.25) is 9.89 Å². The average Bonchev–Trinajstić information content (AvgIpc) is 3.03. The lowest BCUT2D eigenvalue weighted by molar-refractivity contribution is 0.0320. The largest absolute Gasteiger partial charge is 0.476 e. The molecule has 3 heterocycles. The van der Waals surface area contributed by atoms with Gasteiger partial charge in [0, 0.05) is 32.4 Å². The molecule has 0 aromatic carbocycles. The molecule has 3 rings (SSSR count). The Morgan fingerprint density at radius 2 is 2.25 bits per heavy atom. The predicted molar refractivity (Wildman–Crippen MR) is 76.4 cm³/mol. The van der Waals surface area contributed by atoms with Gasteiger partial charge in [0.2, 0.25) is 5.88 Å². The van der Waals surface area contributed by atoms with Gasteiger partial charge in [0.25, 0.3) is 0 Å². The molecule has 0 saturated carbocycles. The minimum atomic E-state index is 0.636. The van der Waals surface area contributed by atoms with Crippen LogP contribution < -0.4 is 10.1 Å². The Morgan fingerprint density at radius 1 is 1.35 bits per heavy atom. The SMILES string of the molecule is c1cnc(OCCN2CCOCC2)c(C2=NCCN2)c1. The van der Waals surface area contributed by atoms with Gasteiger partial charge in [-0.15, -0.1) is 0 Å². The first kappa shape index (κ1) is 13.3. The van der Waals surface area contributed by atoms with Crippen molar-refractivity contribution in [2.75, 3.05) is 52.5 Å². The second-order valence-corrected chi connectivity index (χ2v) is 4.82. The normalized spacial score (nSPS) is 19.5. The van der Waals surface area contributed by atoms with Crippen molar-refractivity contribution < 1.29 is 9.47 Å². The number of nitrogens with zero attached hydrogens (tertiary/aromatic N) is 3. The molecule has 0 spiro atoms. The number of ether oxygens (including phenoxy) is 2. The molecular formula is C14H20N4O2. The predicted octanol–water partition coefficient (Wildman–Crippen LogP) is 0.142. The molecule has 1 saturated heterocycles. The number of pyridine rings is 1. The van der Waals surface area contributed by atoms with Crippen molar-refractivity contribution in [3.8, 4) is 5.88 Å². The van der Waals surface area contributed by atoms with Crippen LogP contribution in [0.5, 0.6) is 5.88 Å². The number of morpholine rings is 1. The van der Waals surface area contributed by atoms with Crippen molar-refractivity contribution >= 4 is 5.84 Å². The maximum Gasteiger partial charge on any atom is 0.224 e. The van der Waals surface area contributed by atoms with Gasteiger partial charge < -0.3 is 14.8 Å². The lowest BCUT2D eigenvalue weighted by atomic mass is 10.2. The second-order valence-electron chi connectivity index (χ2n) is 4.82. The molecule has 2 aliphatic rings. The van der Waals surface area contributed by atoms with Crippen LogP contribution in [0.1, 0.15) is 5.56 Å². The molecule has 1 aromatic heterocycles. The molecule has 0 aliphatic carbocycles. The van der Waals surface area contributed by atoms with Crippen LogP contribution in [0.25, 0.3) is 0 Å². The standard InChI is InChI=1S/C14H20N4O2/c1-2-12(13-15-4-5-16-13)14(17-3-1)20-11-8-18-6-9-19-10-7-18/h1-3H,4-11H2,(H,15,16). The molecule has 108 valence electrons. The Hall–Kier alpha value is -1.66. The highest BCUT2D eigenvalue weighted by atomic mass is 16.5. The van der Waals surface area contributed by atoms with Crippen LogP contribution in [0.2, 0.25) is 0 Å². The van der Waals surface area contributed by atoms with Crippen LogP contribution in [0.15, 0.2) is 23.3 Å². The first-order chi connectivity index (χ1) is 9.93. The highest BCUT2D eigenvalue weighted by Crippen LogP contribution is 2.16. The number of amidine groups is 1. The summed E-state index contributed by atoms with van der Waals surface area (Å²) in [7, 11) is 0. The van der Waals surface area contributed by atoms with Gasteiger partial charge in [-0.2, -0.15) is 0 Å². The fourth-order valence-corrected chi connectivity index (χ4v) is 2.36. The summed E-state index contributed by atoms with van der Waals surface area (Å²) in [6, 6.07) is 3.90. The highest BCUT2D eigenvalue weighted by molar-refractivity contribution is 6.01. The molecule has 0 radical (unpaired) electrons. The van der Waals surface area contributed by atoms with Gasteiger partial charge >= 0.3 is 0 Å². The van der Waals surface area contributed by atoms with E-state index in [0.717, 1.165) is 57.3 Å². The Morgan fingerprint density at radius 3 is 3.05 bits per heavy atom. The lowest BCUT2D eigenvalue weighted by Crippen LogP contribution is -2.38. The van der Waals surface area contributed by atoms with Crippen molar-refractivity contribution in [3.05, 3.63) is 23.9 Å². The molecule has 0 amide bonds. The van der Waals surface area contributed by atoms with Crippen LogP contribution in [-0.2, 0) is 4.74 Å². The van der Waals surface area contributed by atoms with Gasteiger partial charge in [0.1, 0.15) is 12.4 Å².